The van der Waals surface area contributed by atoms with Crippen LogP contribution in [0.1, 0.15) is 44.6 Å². The van der Waals surface area contributed by atoms with Gasteiger partial charge < -0.3 is 4.74 Å². The summed E-state index contributed by atoms with van der Waals surface area (Å²) < 4.78 is 7.18. The zero-order valence-electron chi connectivity index (χ0n) is 10.8. The molecule has 0 bridgehead atoms. The molecule has 0 unspecified atom stereocenters. The number of ether oxygens (including phenoxy) is 1. The quantitative estimate of drug-likeness (QED) is 0.659. The summed E-state index contributed by atoms with van der Waals surface area (Å²) in [6.07, 6.45) is 6.63. The Kier molecular flexibility index (Phi) is 5.38. The zero-order chi connectivity index (χ0) is 13.0. The normalized spacial score (nSPS) is 23.9. The van der Waals surface area contributed by atoms with Crippen LogP contribution in [-0.4, -0.2) is 6.10 Å². The molecule has 0 aromatic heterocycles. The van der Waals surface area contributed by atoms with Gasteiger partial charge in [0.1, 0.15) is 5.75 Å². The molecule has 0 N–H and O–H groups in total. The summed E-state index contributed by atoms with van der Waals surface area (Å²) in [5, 5.41) is 0. The average Bonchev–Trinajstić information content (AvgIpc) is 2.41. The van der Waals surface area contributed by atoms with Gasteiger partial charge in [-0.1, -0.05) is 29.3 Å². The smallest absolute Gasteiger partial charge is 0.124 e. The summed E-state index contributed by atoms with van der Waals surface area (Å²) in [4.78, 5) is 0. The maximum atomic E-state index is 6.12. The van der Waals surface area contributed by atoms with Crippen molar-refractivity contribution in [2.75, 3.05) is 0 Å². The molecule has 1 aliphatic carbocycles. The van der Waals surface area contributed by atoms with Crippen LogP contribution in [0.25, 0.3) is 0 Å². The van der Waals surface area contributed by atoms with E-state index in [1.54, 1.807) is 0 Å². The highest BCUT2D eigenvalue weighted by molar-refractivity contribution is 9.10. The van der Waals surface area contributed by atoms with Gasteiger partial charge in [0.25, 0.3) is 0 Å². The molecule has 1 aliphatic rings. The zero-order valence-corrected chi connectivity index (χ0v) is 13.1. The summed E-state index contributed by atoms with van der Waals surface area (Å²) in [5.41, 5.74) is 1.07. The van der Waals surface area contributed by atoms with E-state index < -0.39 is 0 Å². The van der Waals surface area contributed by atoms with Crippen LogP contribution in [0.4, 0.5) is 0 Å². The molecule has 100 valence electrons. The van der Waals surface area contributed by atoms with Gasteiger partial charge in [-0.2, -0.15) is 0 Å². The van der Waals surface area contributed by atoms with E-state index in [2.05, 4.69) is 22.9 Å². The molecule has 1 aromatic carbocycles. The van der Waals surface area contributed by atoms with Crippen molar-refractivity contribution in [2.45, 2.75) is 51.0 Å². The van der Waals surface area contributed by atoms with Gasteiger partial charge in [-0.05, 0) is 49.8 Å². The van der Waals surface area contributed by atoms with Gasteiger partial charge >= 0.3 is 0 Å². The van der Waals surface area contributed by atoms with Crippen LogP contribution in [0.3, 0.4) is 0 Å². The second kappa shape index (κ2) is 6.81. The van der Waals surface area contributed by atoms with Crippen LogP contribution in [0.5, 0.6) is 5.75 Å². The minimum absolute atomic E-state index is 0.371. The van der Waals surface area contributed by atoms with Crippen LogP contribution in [0, 0.1) is 5.92 Å². The Morgan fingerprint density at radius 2 is 2.00 bits per heavy atom. The number of rotatable bonds is 4. The fourth-order valence-electron chi connectivity index (χ4n) is 2.60. The molecule has 0 spiro atoms. The first kappa shape index (κ1) is 14.2. The van der Waals surface area contributed by atoms with Crippen molar-refractivity contribution in [3.63, 3.8) is 0 Å². The van der Waals surface area contributed by atoms with E-state index in [-0.39, 0.29) is 0 Å². The lowest BCUT2D eigenvalue weighted by Crippen LogP contribution is -2.24. The van der Waals surface area contributed by atoms with E-state index in [4.69, 9.17) is 16.3 Å². The first-order chi connectivity index (χ1) is 8.72. The summed E-state index contributed by atoms with van der Waals surface area (Å²) in [5.74, 6) is 2.36. The lowest BCUT2D eigenvalue weighted by Gasteiger charge is -2.29. The van der Waals surface area contributed by atoms with Crippen molar-refractivity contribution in [2.24, 2.45) is 5.92 Å². The van der Waals surface area contributed by atoms with Crippen molar-refractivity contribution >= 4 is 27.5 Å². The largest absolute Gasteiger partial charge is 0.490 e. The molecule has 2 rings (SSSR count). The lowest BCUT2D eigenvalue weighted by molar-refractivity contribution is 0.129. The average molecular weight is 332 g/mol. The molecule has 18 heavy (non-hydrogen) atoms. The Hall–Kier alpha value is -0.210. The molecule has 1 nitrogen and oxygen atoms in total. The first-order valence-electron chi connectivity index (χ1n) is 6.74. The van der Waals surface area contributed by atoms with E-state index in [1.165, 1.54) is 32.1 Å². The molecule has 1 aromatic rings. The minimum atomic E-state index is 0.371. The number of hydrogen-bond donors (Lipinski definition) is 0. The molecule has 1 saturated carbocycles. The highest BCUT2D eigenvalue weighted by atomic mass is 79.9. The van der Waals surface area contributed by atoms with Gasteiger partial charge in [0.05, 0.1) is 12.0 Å². The Bertz CT molecular complexity index is 386. The van der Waals surface area contributed by atoms with Crippen molar-refractivity contribution in [3.8, 4) is 5.75 Å². The molecule has 0 amide bonds. The van der Waals surface area contributed by atoms with E-state index in [0.717, 1.165) is 21.7 Å². The van der Waals surface area contributed by atoms with Gasteiger partial charge in [0, 0.05) is 10.0 Å². The minimum Gasteiger partial charge on any atom is -0.490 e. The molecule has 0 saturated heterocycles. The third kappa shape index (κ3) is 3.64. The monoisotopic (exact) mass is 330 g/mol. The molecular formula is C15H20BrClO. The van der Waals surface area contributed by atoms with Crippen molar-refractivity contribution in [1.82, 2.24) is 0 Å². The number of hydrogen-bond acceptors (Lipinski definition) is 1. The summed E-state index contributed by atoms with van der Waals surface area (Å²) in [6, 6.07) is 6.08. The SMILES string of the molecule is CCC1CCC(Oc2ccc(Br)cc2CCl)CC1. The Labute approximate surface area is 123 Å². The van der Waals surface area contributed by atoms with Gasteiger partial charge in [-0.15, -0.1) is 11.6 Å². The van der Waals surface area contributed by atoms with Crippen LogP contribution in [0.2, 0.25) is 0 Å². The van der Waals surface area contributed by atoms with Crippen molar-refractivity contribution in [3.05, 3.63) is 28.2 Å². The van der Waals surface area contributed by atoms with Crippen molar-refractivity contribution < 1.29 is 4.74 Å². The second-order valence-electron chi connectivity index (χ2n) is 5.05. The molecule has 0 aliphatic heterocycles. The Balaban J connectivity index is 1.97. The van der Waals surface area contributed by atoms with E-state index in [0.29, 0.717) is 12.0 Å². The van der Waals surface area contributed by atoms with Crippen LogP contribution < -0.4 is 4.74 Å². The third-order valence-corrected chi connectivity index (χ3v) is 4.61. The molecular weight excluding hydrogens is 312 g/mol. The maximum absolute atomic E-state index is 6.12. The molecule has 0 heterocycles. The van der Waals surface area contributed by atoms with E-state index >= 15 is 0 Å². The van der Waals surface area contributed by atoms with Gasteiger partial charge in [0.15, 0.2) is 0 Å². The van der Waals surface area contributed by atoms with Crippen LogP contribution in [-0.2, 0) is 5.88 Å². The number of alkyl halides is 1. The van der Waals surface area contributed by atoms with Crippen molar-refractivity contribution in [1.29, 1.82) is 0 Å². The van der Waals surface area contributed by atoms with Gasteiger partial charge in [0.2, 0.25) is 0 Å². The number of halogens is 2. The molecule has 0 atom stereocenters. The van der Waals surface area contributed by atoms with Gasteiger partial charge in [-0.3, -0.25) is 0 Å². The predicted octanol–water partition coefficient (Wildman–Crippen LogP) is 5.54. The lowest BCUT2D eigenvalue weighted by atomic mass is 9.86. The highest BCUT2D eigenvalue weighted by Gasteiger charge is 2.21. The second-order valence-corrected chi connectivity index (χ2v) is 6.24. The Morgan fingerprint density at radius 1 is 1.28 bits per heavy atom. The number of benzene rings is 1. The maximum Gasteiger partial charge on any atom is 0.124 e. The third-order valence-electron chi connectivity index (χ3n) is 3.83. The van der Waals surface area contributed by atoms with E-state index in [9.17, 15) is 0 Å². The highest BCUT2D eigenvalue weighted by Crippen LogP contribution is 2.32. The summed E-state index contributed by atoms with van der Waals surface area (Å²) >= 11 is 9.43. The summed E-state index contributed by atoms with van der Waals surface area (Å²) in [6.45, 7) is 2.28. The van der Waals surface area contributed by atoms with Crippen LogP contribution >= 0.6 is 27.5 Å². The van der Waals surface area contributed by atoms with E-state index in [1.807, 2.05) is 18.2 Å². The Morgan fingerprint density at radius 3 is 2.61 bits per heavy atom. The predicted molar refractivity (Wildman–Crippen MR) is 80.4 cm³/mol. The molecule has 3 heteroatoms. The van der Waals surface area contributed by atoms with Gasteiger partial charge in [-0.25, -0.2) is 0 Å². The fraction of sp³-hybridized carbons (Fsp3) is 0.600. The standard InChI is InChI=1S/C15H20BrClO/c1-2-11-3-6-14(7-4-11)18-15-8-5-13(16)9-12(15)10-17/h5,8-9,11,14H,2-4,6-7,10H2,1H3. The molecule has 1 fully saturated rings. The molecule has 0 radical (unpaired) electrons. The topological polar surface area (TPSA) is 9.23 Å². The van der Waals surface area contributed by atoms with Crippen LogP contribution in [0.15, 0.2) is 22.7 Å². The first-order valence-corrected chi connectivity index (χ1v) is 8.06. The fourth-order valence-corrected chi connectivity index (χ4v) is 3.22. The summed E-state index contributed by atoms with van der Waals surface area (Å²) in [7, 11) is 0.